The van der Waals surface area contributed by atoms with Crippen LogP contribution in [-0.2, 0) is 22.1 Å². The fourth-order valence-electron chi connectivity index (χ4n) is 4.44. The van der Waals surface area contributed by atoms with Gasteiger partial charge in [-0.05, 0) is 72.9 Å². The van der Waals surface area contributed by atoms with Crippen LogP contribution in [0.15, 0.2) is 65.3 Å². The number of aromatic nitrogens is 1. The zero-order valence-electron chi connectivity index (χ0n) is 19.8. The van der Waals surface area contributed by atoms with E-state index in [1.165, 1.54) is 0 Å². The number of allylic oxidation sites excluding steroid dienone is 1. The molecule has 0 saturated carbocycles. The van der Waals surface area contributed by atoms with Crippen molar-refractivity contribution in [3.8, 4) is 0 Å². The van der Waals surface area contributed by atoms with Crippen molar-refractivity contribution in [3.05, 3.63) is 94.0 Å². The van der Waals surface area contributed by atoms with E-state index < -0.39 is 30.2 Å². The Labute approximate surface area is 220 Å². The van der Waals surface area contributed by atoms with Gasteiger partial charge in [-0.2, -0.15) is 13.2 Å². The summed E-state index contributed by atoms with van der Waals surface area (Å²) in [6.07, 6.45) is 0.953. The maximum Gasteiger partial charge on any atom is 0.416 e. The molecular formula is C28H20ClF3N2O4. The van der Waals surface area contributed by atoms with Gasteiger partial charge in [0.25, 0.3) is 5.91 Å². The molecule has 2 aromatic heterocycles. The summed E-state index contributed by atoms with van der Waals surface area (Å²) in [4.78, 5) is 30.6. The van der Waals surface area contributed by atoms with Gasteiger partial charge < -0.3 is 14.5 Å². The Morgan fingerprint density at radius 2 is 1.92 bits per heavy atom. The van der Waals surface area contributed by atoms with Gasteiger partial charge in [-0.25, -0.2) is 9.78 Å². The molecule has 0 aliphatic heterocycles. The number of hydrogen-bond donors (Lipinski definition) is 1. The van der Waals surface area contributed by atoms with Crippen LogP contribution in [0, 0.1) is 0 Å². The number of halogens is 4. The Hall–Kier alpha value is -4.11. The van der Waals surface area contributed by atoms with Crippen LogP contribution in [0.1, 0.15) is 45.8 Å². The molecule has 0 atom stereocenters. The maximum atomic E-state index is 13.3. The highest BCUT2D eigenvalue weighted by Crippen LogP contribution is 2.37. The van der Waals surface area contributed by atoms with E-state index >= 15 is 0 Å². The van der Waals surface area contributed by atoms with Crippen LogP contribution >= 0.6 is 11.6 Å². The molecule has 4 aromatic rings. The number of alkyl halides is 3. The van der Waals surface area contributed by atoms with Crippen molar-refractivity contribution in [2.24, 2.45) is 0 Å². The quantitative estimate of drug-likeness (QED) is 0.271. The summed E-state index contributed by atoms with van der Waals surface area (Å²) in [6, 6.07) is 13.3. The molecule has 1 aliphatic rings. The minimum Gasteiger partial charge on any atom is -0.465 e. The molecule has 1 aliphatic carbocycles. The molecule has 0 bridgehead atoms. The summed E-state index contributed by atoms with van der Waals surface area (Å²) in [5, 5.41) is 2.78. The van der Waals surface area contributed by atoms with Gasteiger partial charge in [0.2, 0.25) is 0 Å². The zero-order valence-corrected chi connectivity index (χ0v) is 20.5. The third kappa shape index (κ3) is 5.28. The van der Waals surface area contributed by atoms with Crippen molar-refractivity contribution >= 4 is 51.7 Å². The van der Waals surface area contributed by atoms with Crippen LogP contribution in [0.2, 0.25) is 5.02 Å². The summed E-state index contributed by atoms with van der Waals surface area (Å²) in [7, 11) is 0. The Morgan fingerprint density at radius 1 is 1.11 bits per heavy atom. The van der Waals surface area contributed by atoms with Crippen molar-refractivity contribution in [1.29, 1.82) is 0 Å². The van der Waals surface area contributed by atoms with E-state index in [2.05, 4.69) is 5.32 Å². The van der Waals surface area contributed by atoms with E-state index in [4.69, 9.17) is 25.7 Å². The average molecular weight is 541 g/mol. The average Bonchev–Trinajstić information content (AvgIpc) is 3.40. The van der Waals surface area contributed by atoms with E-state index in [1.807, 2.05) is 18.2 Å². The predicted octanol–water partition coefficient (Wildman–Crippen LogP) is 7.17. The molecule has 0 radical (unpaired) electrons. The number of rotatable bonds is 5. The number of ether oxygens (including phenoxy) is 1. The van der Waals surface area contributed by atoms with Gasteiger partial charge in [0, 0.05) is 5.39 Å². The molecule has 0 unspecified atom stereocenters. The first kappa shape index (κ1) is 25.5. The van der Waals surface area contributed by atoms with E-state index in [1.54, 1.807) is 30.5 Å². The van der Waals surface area contributed by atoms with Crippen molar-refractivity contribution in [2.75, 3.05) is 11.9 Å². The molecule has 0 saturated heterocycles. The lowest BCUT2D eigenvalue weighted by Crippen LogP contribution is -2.23. The lowest BCUT2D eigenvalue weighted by atomic mass is 9.86. The number of hydrogen-bond acceptors (Lipinski definition) is 5. The molecule has 2 heterocycles. The Bertz CT molecular complexity index is 1560. The number of para-hydroxylation sites is 1. The Balaban J connectivity index is 1.42. The fourth-order valence-corrected chi connectivity index (χ4v) is 4.60. The molecule has 6 nitrogen and oxygen atoms in total. The molecule has 0 spiro atoms. The highest BCUT2D eigenvalue weighted by atomic mass is 35.5. The summed E-state index contributed by atoms with van der Waals surface area (Å²) in [5.74, 6) is -0.897. The van der Waals surface area contributed by atoms with Crippen LogP contribution in [0.4, 0.5) is 18.9 Å². The van der Waals surface area contributed by atoms with Crippen molar-refractivity contribution < 1.29 is 31.9 Å². The second-order valence-corrected chi connectivity index (χ2v) is 9.09. The Kier molecular flexibility index (Phi) is 6.94. The first-order valence-corrected chi connectivity index (χ1v) is 12.1. The van der Waals surface area contributed by atoms with Gasteiger partial charge >= 0.3 is 12.1 Å². The van der Waals surface area contributed by atoms with Crippen LogP contribution in [-0.4, -0.2) is 23.5 Å². The summed E-state index contributed by atoms with van der Waals surface area (Å²) < 4.78 is 49.9. The van der Waals surface area contributed by atoms with E-state index in [0.717, 1.165) is 36.6 Å². The van der Waals surface area contributed by atoms with E-state index in [-0.39, 0.29) is 10.7 Å². The van der Waals surface area contributed by atoms with Crippen molar-refractivity contribution in [2.45, 2.75) is 25.4 Å². The number of benzene rings is 2. The summed E-state index contributed by atoms with van der Waals surface area (Å²) in [5.41, 5.74) is 1.98. The van der Waals surface area contributed by atoms with Gasteiger partial charge in [0.15, 0.2) is 6.61 Å². The third-order valence-corrected chi connectivity index (χ3v) is 6.47. The summed E-state index contributed by atoms with van der Waals surface area (Å²) in [6.45, 7) is -0.716. The van der Waals surface area contributed by atoms with Gasteiger partial charge in [-0.15, -0.1) is 0 Å². The van der Waals surface area contributed by atoms with Gasteiger partial charge in [0.1, 0.15) is 5.76 Å². The monoisotopic (exact) mass is 540 g/mol. The van der Waals surface area contributed by atoms with Gasteiger partial charge in [-0.1, -0.05) is 29.8 Å². The first-order chi connectivity index (χ1) is 18.2. The topological polar surface area (TPSA) is 81.4 Å². The molecule has 10 heteroatoms. The minimum absolute atomic E-state index is 0.0808. The lowest BCUT2D eigenvalue weighted by molar-refractivity contribution is -0.137. The normalized spacial score (nSPS) is 14.4. The van der Waals surface area contributed by atoms with E-state index in [0.29, 0.717) is 39.9 Å². The van der Waals surface area contributed by atoms with Crippen LogP contribution in [0.5, 0.6) is 0 Å². The summed E-state index contributed by atoms with van der Waals surface area (Å²) >= 11 is 5.95. The largest absolute Gasteiger partial charge is 0.465 e. The van der Waals surface area contributed by atoms with E-state index in [9.17, 15) is 22.8 Å². The van der Waals surface area contributed by atoms with Crippen LogP contribution in [0.25, 0.3) is 22.6 Å². The molecular weight excluding hydrogens is 521 g/mol. The number of nitrogens with zero attached hydrogens (tertiary/aromatic N) is 1. The molecule has 5 rings (SSSR count). The number of carbonyl (C=O) groups is 2. The van der Waals surface area contributed by atoms with Crippen LogP contribution in [0.3, 0.4) is 0 Å². The second kappa shape index (κ2) is 10.3. The van der Waals surface area contributed by atoms with Crippen molar-refractivity contribution in [3.63, 3.8) is 0 Å². The Morgan fingerprint density at radius 3 is 2.68 bits per heavy atom. The molecule has 1 N–H and O–H groups in total. The molecule has 38 heavy (non-hydrogen) atoms. The number of fused-ring (bicyclic) bond motifs is 2. The highest BCUT2D eigenvalue weighted by Gasteiger charge is 2.31. The third-order valence-electron chi connectivity index (χ3n) is 6.14. The standard InChI is InChI=1S/C28H20ClF3N2O4/c29-21-11-10-17(28(30,31)32)14-23(21)33-24(35)15-38-27(36)25-19-7-1-2-9-22(19)34-26-16(5-3-8-20(25)26)13-18-6-4-12-37-18/h1-2,4,6-7,9-14H,3,5,8,15H2,(H,33,35)/b16-13-. The number of pyridine rings is 1. The molecule has 0 fully saturated rings. The fraction of sp³-hybridized carbons (Fsp3) is 0.179. The number of furan rings is 1. The zero-order chi connectivity index (χ0) is 26.9. The highest BCUT2D eigenvalue weighted by molar-refractivity contribution is 6.33. The maximum absolute atomic E-state index is 13.3. The smallest absolute Gasteiger partial charge is 0.416 e. The number of nitrogens with one attached hydrogen (secondary N) is 1. The number of anilines is 1. The SMILES string of the molecule is O=C(COC(=O)c1c2c(nc3ccccc13)/C(=C\c1ccco1)CCC2)Nc1cc(C(F)(F)F)ccc1Cl. The van der Waals surface area contributed by atoms with Gasteiger partial charge in [-0.3, -0.25) is 4.79 Å². The number of esters is 1. The molecule has 194 valence electrons. The number of amides is 1. The molecule has 1 amide bonds. The second-order valence-electron chi connectivity index (χ2n) is 8.69. The van der Waals surface area contributed by atoms with Gasteiger partial charge in [0.05, 0.1) is 39.3 Å². The molecule has 2 aromatic carbocycles. The predicted molar refractivity (Wildman–Crippen MR) is 137 cm³/mol. The lowest BCUT2D eigenvalue weighted by Gasteiger charge is -2.22. The van der Waals surface area contributed by atoms with Crippen LogP contribution < -0.4 is 5.32 Å². The van der Waals surface area contributed by atoms with Crippen molar-refractivity contribution in [1.82, 2.24) is 4.98 Å². The first-order valence-electron chi connectivity index (χ1n) is 11.7. The number of carbonyl (C=O) groups excluding carboxylic acids is 2. The minimum atomic E-state index is -4.61.